The summed E-state index contributed by atoms with van der Waals surface area (Å²) in [5, 5.41) is -1.18. The Kier molecular flexibility index (Phi) is 6.66. The first-order valence-corrected chi connectivity index (χ1v) is 11.9. The first-order valence-electron chi connectivity index (χ1n) is 9.55. The molecule has 0 spiro atoms. The number of hydrogen-bond donors (Lipinski definition) is 0. The number of esters is 1. The average molecular weight is 449 g/mol. The number of carbonyl (C=O) groups excluding carboxylic acids is 1. The fourth-order valence-corrected chi connectivity index (χ4v) is 4.96. The van der Waals surface area contributed by atoms with E-state index >= 15 is 0 Å². The minimum absolute atomic E-state index is 0.166. The fourth-order valence-electron chi connectivity index (χ4n) is 3.60. The van der Waals surface area contributed by atoms with Crippen LogP contribution >= 0.6 is 21.8 Å². The molecule has 0 saturated heterocycles. The molecule has 0 bridgehead atoms. The van der Waals surface area contributed by atoms with Crippen LogP contribution in [0.4, 0.5) is 19.4 Å². The van der Waals surface area contributed by atoms with Gasteiger partial charge in [0.05, 0.1) is 10.9 Å². The van der Waals surface area contributed by atoms with Gasteiger partial charge in [0.1, 0.15) is 10.6 Å². The molecule has 0 atom stereocenters. The molecule has 1 saturated carbocycles. The lowest BCUT2D eigenvalue weighted by Gasteiger charge is -2.41. The van der Waals surface area contributed by atoms with Crippen LogP contribution in [0.5, 0.6) is 5.75 Å². The predicted molar refractivity (Wildman–Crippen MR) is 103 cm³/mol. The summed E-state index contributed by atoms with van der Waals surface area (Å²) in [7, 11) is -9.88. The van der Waals surface area contributed by atoms with Gasteiger partial charge >= 0.3 is 16.2 Å². The van der Waals surface area contributed by atoms with Crippen LogP contribution in [0.1, 0.15) is 64.7 Å². The van der Waals surface area contributed by atoms with Crippen LogP contribution in [0, 0.1) is 11.8 Å². The van der Waals surface area contributed by atoms with Crippen LogP contribution in [0.3, 0.4) is 0 Å². The average Bonchev–Trinajstić information content (AvgIpc) is 2.57. The maximum atomic E-state index is 12.9. The Labute approximate surface area is 167 Å². The zero-order valence-electron chi connectivity index (χ0n) is 15.7. The number of carbonyl (C=O) groups is 1. The van der Waals surface area contributed by atoms with Crippen molar-refractivity contribution in [1.29, 1.82) is 0 Å². The van der Waals surface area contributed by atoms with Gasteiger partial charge in [0.2, 0.25) is 0 Å². The summed E-state index contributed by atoms with van der Waals surface area (Å²) in [6.45, 7) is 2.16. The van der Waals surface area contributed by atoms with Gasteiger partial charge in [-0.1, -0.05) is 70.1 Å². The summed E-state index contributed by atoms with van der Waals surface area (Å²) < 4.78 is 69.4. The zero-order chi connectivity index (χ0) is 21.1. The standard InChI is InChI=1S/C19H26ClF5O2S/c1-2-3-4-5-6-14-7-9-15(10-8-14)19(26)27-16-11-12-18(17(20)13-16)28(21,22,23,24)25/h11-15H,2-10H2,1H3. The Balaban J connectivity index is 1.90. The van der Waals surface area contributed by atoms with Crippen LogP contribution in [0.25, 0.3) is 0 Å². The van der Waals surface area contributed by atoms with Crippen LogP contribution in [-0.2, 0) is 4.79 Å². The molecule has 2 nitrogen and oxygen atoms in total. The highest BCUT2D eigenvalue weighted by atomic mass is 35.5. The third-order valence-corrected chi connectivity index (χ3v) is 6.80. The van der Waals surface area contributed by atoms with Gasteiger partial charge < -0.3 is 4.74 Å². The SMILES string of the molecule is CCCCCCC1CCC(C(=O)Oc2ccc(S(F)(F)(F)(F)F)c(Cl)c2)CC1. The van der Waals surface area contributed by atoms with Gasteiger partial charge in [-0.15, -0.1) is 0 Å². The number of hydrogen-bond acceptors (Lipinski definition) is 2. The molecular weight excluding hydrogens is 423 g/mol. The van der Waals surface area contributed by atoms with Crippen molar-refractivity contribution in [2.24, 2.45) is 11.8 Å². The van der Waals surface area contributed by atoms with Crippen molar-refractivity contribution in [1.82, 2.24) is 0 Å². The molecule has 162 valence electrons. The van der Waals surface area contributed by atoms with Crippen molar-refractivity contribution in [3.63, 3.8) is 0 Å². The maximum Gasteiger partial charge on any atom is 0.314 e. The summed E-state index contributed by atoms with van der Waals surface area (Å²) in [5.41, 5.74) is 0. The molecule has 0 unspecified atom stereocenters. The summed E-state index contributed by atoms with van der Waals surface area (Å²) >= 11 is 5.39. The Morgan fingerprint density at radius 2 is 1.71 bits per heavy atom. The Morgan fingerprint density at radius 3 is 2.25 bits per heavy atom. The van der Waals surface area contributed by atoms with E-state index in [0.717, 1.165) is 19.3 Å². The van der Waals surface area contributed by atoms with E-state index in [1.54, 1.807) is 0 Å². The van der Waals surface area contributed by atoms with Crippen LogP contribution < -0.4 is 4.74 Å². The summed E-state index contributed by atoms with van der Waals surface area (Å²) in [4.78, 5) is 10.1. The molecule has 0 amide bonds. The molecule has 1 aliphatic rings. The Morgan fingerprint density at radius 1 is 1.07 bits per heavy atom. The molecule has 1 fully saturated rings. The van der Waals surface area contributed by atoms with E-state index in [4.69, 9.17) is 16.3 Å². The third kappa shape index (κ3) is 6.79. The van der Waals surface area contributed by atoms with Gasteiger partial charge in [0, 0.05) is 6.07 Å². The van der Waals surface area contributed by atoms with Crippen molar-refractivity contribution in [2.75, 3.05) is 0 Å². The van der Waals surface area contributed by atoms with Gasteiger partial charge in [-0.3, -0.25) is 4.79 Å². The minimum Gasteiger partial charge on any atom is -0.426 e. The summed E-state index contributed by atoms with van der Waals surface area (Å²) in [6, 6.07) is 1.49. The molecule has 28 heavy (non-hydrogen) atoms. The minimum atomic E-state index is -9.88. The number of benzene rings is 1. The van der Waals surface area contributed by atoms with E-state index in [9.17, 15) is 24.2 Å². The van der Waals surface area contributed by atoms with Gasteiger partial charge in [0.25, 0.3) is 0 Å². The second-order valence-electron chi connectivity index (χ2n) is 7.55. The van der Waals surface area contributed by atoms with E-state index in [-0.39, 0.29) is 17.7 Å². The molecule has 9 heteroatoms. The highest BCUT2D eigenvalue weighted by Crippen LogP contribution is 3.02. The van der Waals surface area contributed by atoms with E-state index in [0.29, 0.717) is 30.9 Å². The molecule has 1 aromatic rings. The summed E-state index contributed by atoms with van der Waals surface area (Å²) in [6.07, 6.45) is 9.11. The monoisotopic (exact) mass is 448 g/mol. The molecule has 0 aromatic heterocycles. The van der Waals surface area contributed by atoms with Crippen molar-refractivity contribution >= 4 is 27.8 Å². The van der Waals surface area contributed by atoms with Crippen LogP contribution in [-0.4, -0.2) is 5.97 Å². The Bertz CT molecular complexity index is 700. The van der Waals surface area contributed by atoms with E-state index in [1.807, 2.05) is 0 Å². The topological polar surface area (TPSA) is 26.3 Å². The normalized spacial score (nSPS) is 23.0. The lowest BCUT2D eigenvalue weighted by atomic mass is 9.80. The quantitative estimate of drug-likeness (QED) is 0.172. The number of rotatable bonds is 8. The van der Waals surface area contributed by atoms with E-state index in [2.05, 4.69) is 6.92 Å². The van der Waals surface area contributed by atoms with Gasteiger partial charge in [-0.2, -0.15) is 0 Å². The molecule has 2 rings (SSSR count). The molecule has 0 N–H and O–H groups in total. The van der Waals surface area contributed by atoms with Crippen LogP contribution in [0.2, 0.25) is 5.02 Å². The zero-order valence-corrected chi connectivity index (χ0v) is 17.3. The number of halogens is 6. The van der Waals surface area contributed by atoms with Crippen molar-refractivity contribution < 1.29 is 29.0 Å². The first-order chi connectivity index (χ1) is 12.8. The largest absolute Gasteiger partial charge is 0.426 e. The van der Waals surface area contributed by atoms with Gasteiger partial charge in [-0.05, 0) is 43.7 Å². The predicted octanol–water partition coefficient (Wildman–Crippen LogP) is 8.68. The van der Waals surface area contributed by atoms with E-state index < -0.39 is 26.1 Å². The number of unbranched alkanes of at least 4 members (excludes halogenated alkanes) is 3. The van der Waals surface area contributed by atoms with Crippen LogP contribution in [0.15, 0.2) is 23.1 Å². The maximum absolute atomic E-state index is 12.9. The second-order valence-corrected chi connectivity index (χ2v) is 10.3. The molecule has 1 aromatic carbocycles. The second kappa shape index (κ2) is 8.01. The highest BCUT2D eigenvalue weighted by Gasteiger charge is 2.66. The van der Waals surface area contributed by atoms with Crippen molar-refractivity contribution in [3.05, 3.63) is 23.2 Å². The molecule has 0 radical (unpaired) electrons. The molecular formula is C19H26ClF5O2S. The molecule has 1 aliphatic carbocycles. The first kappa shape index (κ1) is 23.3. The van der Waals surface area contributed by atoms with Crippen molar-refractivity contribution in [2.45, 2.75) is 69.6 Å². The third-order valence-electron chi connectivity index (χ3n) is 5.18. The Hall–Kier alpha value is -1.02. The smallest absolute Gasteiger partial charge is 0.314 e. The molecule has 0 aliphatic heterocycles. The van der Waals surface area contributed by atoms with Gasteiger partial charge in [0.15, 0.2) is 0 Å². The number of ether oxygens (including phenoxy) is 1. The lowest BCUT2D eigenvalue weighted by Crippen LogP contribution is -2.25. The van der Waals surface area contributed by atoms with Crippen molar-refractivity contribution in [3.8, 4) is 5.75 Å². The summed E-state index contributed by atoms with van der Waals surface area (Å²) in [5.74, 6) is -0.559. The van der Waals surface area contributed by atoms with E-state index in [1.165, 1.54) is 25.7 Å². The highest BCUT2D eigenvalue weighted by molar-refractivity contribution is 8.45. The fraction of sp³-hybridized carbons (Fsp3) is 0.632. The molecule has 0 heterocycles. The lowest BCUT2D eigenvalue weighted by molar-refractivity contribution is -0.140. The van der Waals surface area contributed by atoms with Gasteiger partial charge in [-0.25, -0.2) is 0 Å².